The van der Waals surface area contributed by atoms with Crippen LogP contribution in [0.15, 0.2) is 23.4 Å². The third-order valence-electron chi connectivity index (χ3n) is 1.23. The summed E-state index contributed by atoms with van der Waals surface area (Å²) < 4.78 is 0. The van der Waals surface area contributed by atoms with Crippen LogP contribution in [0.5, 0.6) is 0 Å². The predicted molar refractivity (Wildman–Crippen MR) is 38.1 cm³/mol. The van der Waals surface area contributed by atoms with E-state index in [9.17, 15) is 4.79 Å². The number of nitrogens with zero attached hydrogens (tertiary/aromatic N) is 1. The molecule has 1 heterocycles. The summed E-state index contributed by atoms with van der Waals surface area (Å²) in [5.74, 6) is -1.12. The third kappa shape index (κ3) is 1.72. The maximum absolute atomic E-state index is 10.3. The van der Waals surface area contributed by atoms with Crippen molar-refractivity contribution in [2.45, 2.75) is 6.04 Å². The fraction of sp³-hybridized carbons (Fsp3) is 0.167. The van der Waals surface area contributed by atoms with Crippen LogP contribution in [0.1, 0.15) is 0 Å². The van der Waals surface area contributed by atoms with Crippen LogP contribution in [-0.4, -0.2) is 27.4 Å². The molecule has 1 aliphatic rings. The van der Waals surface area contributed by atoms with E-state index < -0.39 is 12.0 Å². The summed E-state index contributed by atoms with van der Waals surface area (Å²) in [6.45, 7) is 0. The number of aliphatic carboxylic acids is 1. The summed E-state index contributed by atoms with van der Waals surface area (Å²) in [4.78, 5) is 10.3. The summed E-state index contributed by atoms with van der Waals surface area (Å²) >= 11 is 5.46. The van der Waals surface area contributed by atoms with Crippen molar-refractivity contribution in [1.82, 2.24) is 5.06 Å². The van der Waals surface area contributed by atoms with E-state index in [-0.39, 0.29) is 0 Å². The van der Waals surface area contributed by atoms with E-state index in [2.05, 4.69) is 0 Å². The van der Waals surface area contributed by atoms with Crippen molar-refractivity contribution >= 4 is 17.6 Å². The molecule has 2 N–H and O–H groups in total. The molecule has 5 heteroatoms. The van der Waals surface area contributed by atoms with Crippen LogP contribution in [-0.2, 0) is 4.79 Å². The molecule has 0 aromatic carbocycles. The van der Waals surface area contributed by atoms with E-state index in [0.29, 0.717) is 10.1 Å². The van der Waals surface area contributed by atoms with Gasteiger partial charge in [0.25, 0.3) is 0 Å². The first-order valence-electron chi connectivity index (χ1n) is 2.87. The second kappa shape index (κ2) is 2.94. The molecule has 1 atom stereocenters. The number of carbonyl (C=O) groups is 1. The zero-order valence-electron chi connectivity index (χ0n) is 5.44. The minimum atomic E-state index is -1.12. The molecule has 0 aromatic heterocycles. The molecule has 0 fully saturated rings. The molecule has 11 heavy (non-hydrogen) atoms. The zero-order valence-corrected chi connectivity index (χ0v) is 6.19. The second-order valence-corrected chi connectivity index (χ2v) is 2.47. The molecule has 0 amide bonds. The fourth-order valence-corrected chi connectivity index (χ4v) is 0.889. The van der Waals surface area contributed by atoms with E-state index >= 15 is 0 Å². The third-order valence-corrected chi connectivity index (χ3v) is 1.45. The Hall–Kier alpha value is -1.00. The Labute approximate surface area is 67.9 Å². The van der Waals surface area contributed by atoms with Crippen LogP contribution in [0.25, 0.3) is 0 Å². The predicted octanol–water partition coefficient (Wildman–Crippen LogP) is 0.781. The van der Waals surface area contributed by atoms with E-state index in [1.165, 1.54) is 12.2 Å². The van der Waals surface area contributed by atoms with Gasteiger partial charge in [-0.2, -0.15) is 0 Å². The molecule has 4 nitrogen and oxygen atoms in total. The van der Waals surface area contributed by atoms with Crippen molar-refractivity contribution in [2.24, 2.45) is 0 Å². The number of allylic oxidation sites excluding steroid dienone is 2. The van der Waals surface area contributed by atoms with E-state index in [4.69, 9.17) is 21.9 Å². The number of carboxylic acids is 1. The molecule has 0 spiro atoms. The van der Waals surface area contributed by atoms with E-state index in [1.54, 1.807) is 0 Å². The molecule has 0 aliphatic carbocycles. The summed E-state index contributed by atoms with van der Waals surface area (Å²) in [6, 6.07) is -1.03. The van der Waals surface area contributed by atoms with Crippen molar-refractivity contribution < 1.29 is 15.1 Å². The van der Waals surface area contributed by atoms with Crippen molar-refractivity contribution in [3.05, 3.63) is 23.4 Å². The maximum Gasteiger partial charge on any atom is 0.332 e. The fourth-order valence-electron chi connectivity index (χ4n) is 0.716. The topological polar surface area (TPSA) is 60.8 Å². The molecule has 0 aromatic rings. The highest BCUT2D eigenvalue weighted by molar-refractivity contribution is 6.31. The van der Waals surface area contributed by atoms with Gasteiger partial charge < -0.3 is 5.11 Å². The lowest BCUT2D eigenvalue weighted by Gasteiger charge is -2.20. The van der Waals surface area contributed by atoms with Crippen molar-refractivity contribution in [2.75, 3.05) is 0 Å². The van der Waals surface area contributed by atoms with Gasteiger partial charge in [0.2, 0.25) is 0 Å². The number of halogens is 1. The lowest BCUT2D eigenvalue weighted by atomic mass is 10.2. The van der Waals surface area contributed by atoms with Crippen molar-refractivity contribution in [3.8, 4) is 0 Å². The maximum atomic E-state index is 10.3. The van der Waals surface area contributed by atoms with Crippen LogP contribution >= 0.6 is 11.6 Å². The van der Waals surface area contributed by atoms with Gasteiger partial charge in [-0.25, -0.2) is 9.86 Å². The first-order valence-corrected chi connectivity index (χ1v) is 3.24. The standard InChI is InChI=1S/C6H6ClNO3/c7-4-1-2-5(6(9)10)8(11)3-4/h1-3,5,11H,(H,9,10). The Bertz CT molecular complexity index is 236. The van der Waals surface area contributed by atoms with Gasteiger partial charge in [-0.3, -0.25) is 5.21 Å². The minimum absolute atomic E-state index is 0.296. The lowest BCUT2D eigenvalue weighted by Crippen LogP contribution is -2.35. The van der Waals surface area contributed by atoms with Gasteiger partial charge in [0.15, 0.2) is 6.04 Å². The highest BCUT2D eigenvalue weighted by atomic mass is 35.5. The highest BCUT2D eigenvalue weighted by Crippen LogP contribution is 2.14. The molecule has 1 rings (SSSR count). The normalized spacial score (nSPS) is 23.3. The Balaban J connectivity index is 2.77. The second-order valence-electron chi connectivity index (χ2n) is 2.04. The molecular weight excluding hydrogens is 170 g/mol. The Morgan fingerprint density at radius 3 is 2.82 bits per heavy atom. The van der Waals surface area contributed by atoms with Gasteiger partial charge >= 0.3 is 5.97 Å². The first kappa shape index (κ1) is 8.10. The average Bonchev–Trinajstić information content (AvgIpc) is 1.85. The number of carboxylic acid groups (broad SMARTS) is 1. The molecule has 1 aliphatic heterocycles. The molecule has 0 saturated heterocycles. The van der Waals surface area contributed by atoms with Crippen molar-refractivity contribution in [1.29, 1.82) is 0 Å². The summed E-state index contributed by atoms with van der Waals surface area (Å²) in [7, 11) is 0. The van der Waals surface area contributed by atoms with Gasteiger partial charge in [0, 0.05) is 6.20 Å². The molecule has 0 saturated carbocycles. The van der Waals surface area contributed by atoms with E-state index in [0.717, 1.165) is 6.20 Å². The minimum Gasteiger partial charge on any atom is -0.479 e. The molecule has 0 bridgehead atoms. The zero-order chi connectivity index (χ0) is 8.43. The number of hydrogen-bond donors (Lipinski definition) is 2. The Morgan fingerprint density at radius 1 is 1.73 bits per heavy atom. The summed E-state index contributed by atoms with van der Waals surface area (Å²) in [5, 5.41) is 18.3. The van der Waals surface area contributed by atoms with Crippen LogP contribution in [0.2, 0.25) is 0 Å². The van der Waals surface area contributed by atoms with Crippen LogP contribution in [0.3, 0.4) is 0 Å². The quantitative estimate of drug-likeness (QED) is 0.618. The van der Waals surface area contributed by atoms with Gasteiger partial charge in [0.05, 0.1) is 5.03 Å². The number of rotatable bonds is 1. The monoisotopic (exact) mass is 175 g/mol. The molecular formula is C6H6ClNO3. The summed E-state index contributed by atoms with van der Waals surface area (Å²) in [6.07, 6.45) is 3.86. The van der Waals surface area contributed by atoms with E-state index in [1.807, 2.05) is 0 Å². The van der Waals surface area contributed by atoms with Crippen LogP contribution in [0, 0.1) is 0 Å². The molecule has 1 unspecified atom stereocenters. The molecule has 60 valence electrons. The smallest absolute Gasteiger partial charge is 0.332 e. The van der Waals surface area contributed by atoms with Gasteiger partial charge in [-0.05, 0) is 12.2 Å². The van der Waals surface area contributed by atoms with Crippen molar-refractivity contribution in [3.63, 3.8) is 0 Å². The SMILES string of the molecule is O=C(O)C1C=CC(Cl)=CN1O. The Morgan fingerprint density at radius 2 is 2.36 bits per heavy atom. The first-order chi connectivity index (χ1) is 5.11. The molecule has 0 radical (unpaired) electrons. The lowest BCUT2D eigenvalue weighted by molar-refractivity contribution is -0.153. The highest BCUT2D eigenvalue weighted by Gasteiger charge is 2.21. The van der Waals surface area contributed by atoms with Gasteiger partial charge in [-0.1, -0.05) is 11.6 Å². The van der Waals surface area contributed by atoms with Gasteiger partial charge in [0.1, 0.15) is 0 Å². The largest absolute Gasteiger partial charge is 0.479 e. The summed E-state index contributed by atoms with van der Waals surface area (Å²) in [5.41, 5.74) is 0. The number of hydroxylamine groups is 2. The Kier molecular flexibility index (Phi) is 2.16. The van der Waals surface area contributed by atoms with Crippen LogP contribution in [0.4, 0.5) is 0 Å². The number of hydrogen-bond acceptors (Lipinski definition) is 3. The van der Waals surface area contributed by atoms with Crippen LogP contribution < -0.4 is 0 Å². The van der Waals surface area contributed by atoms with Gasteiger partial charge in [-0.15, -0.1) is 0 Å². The average molecular weight is 176 g/mol.